The van der Waals surface area contributed by atoms with E-state index in [1.165, 1.54) is 23.3 Å². The molecule has 2 N–H and O–H groups in total. The number of hydrogen-bond donors (Lipinski definition) is 1. The molecule has 0 unspecified atom stereocenters. The molecule has 0 aliphatic carbocycles. The number of nitrogens with zero attached hydrogens (tertiary/aromatic N) is 4. The summed E-state index contributed by atoms with van der Waals surface area (Å²) >= 11 is 15.1. The van der Waals surface area contributed by atoms with Gasteiger partial charge in [-0.3, -0.25) is 14.0 Å². The normalized spacial score (nSPS) is 15.1. The Morgan fingerprint density at radius 3 is 2.72 bits per heavy atom. The number of nitrogens with two attached hydrogens (primary N) is 1. The van der Waals surface area contributed by atoms with Crippen LogP contribution in [-0.4, -0.2) is 44.2 Å². The summed E-state index contributed by atoms with van der Waals surface area (Å²) in [7, 11) is 0. The molecule has 2 aromatic heterocycles. The standard InChI is InChI=1S/C22H23Cl2N5OS2/c1-14(30)29(32-22-27-20(13-31-22)16-4-7-26-21(25)11-16)17-5-8-28(9-6-17)12-15-2-3-18(23)19(24)10-15/h2-4,7,10-11,13,17H,5-6,8-9,12H2,1H3,(H2,25,26). The molecule has 32 heavy (non-hydrogen) atoms. The van der Waals surface area contributed by atoms with E-state index >= 15 is 0 Å². The first-order valence-electron chi connectivity index (χ1n) is 10.2. The summed E-state index contributed by atoms with van der Waals surface area (Å²) < 4.78 is 2.71. The van der Waals surface area contributed by atoms with E-state index in [-0.39, 0.29) is 11.9 Å². The molecular formula is C22H23Cl2N5OS2. The average molecular weight is 509 g/mol. The third-order valence-corrected chi connectivity index (χ3v) is 8.21. The zero-order valence-electron chi connectivity index (χ0n) is 17.5. The van der Waals surface area contributed by atoms with Gasteiger partial charge in [0.05, 0.1) is 15.7 Å². The number of aromatic nitrogens is 2. The third-order valence-electron chi connectivity index (χ3n) is 5.33. The first-order chi connectivity index (χ1) is 15.4. The summed E-state index contributed by atoms with van der Waals surface area (Å²) in [6, 6.07) is 9.62. The SMILES string of the molecule is CC(=O)N(Sc1nc(-c2ccnc(N)c2)cs1)C1CCN(Cc2ccc(Cl)c(Cl)c2)CC1. The minimum Gasteiger partial charge on any atom is -0.384 e. The van der Waals surface area contributed by atoms with Gasteiger partial charge in [-0.05, 0) is 42.7 Å². The van der Waals surface area contributed by atoms with Gasteiger partial charge >= 0.3 is 0 Å². The van der Waals surface area contributed by atoms with Crippen LogP contribution in [0.4, 0.5) is 5.82 Å². The van der Waals surface area contributed by atoms with E-state index in [1.54, 1.807) is 19.2 Å². The lowest BCUT2D eigenvalue weighted by molar-refractivity contribution is -0.125. The summed E-state index contributed by atoms with van der Waals surface area (Å²) in [5.41, 5.74) is 8.69. The molecule has 1 aliphatic heterocycles. The number of likely N-dealkylation sites (tertiary alicyclic amines) is 1. The molecule has 0 radical (unpaired) electrons. The summed E-state index contributed by atoms with van der Waals surface area (Å²) in [5, 5.41) is 3.13. The Balaban J connectivity index is 1.37. The van der Waals surface area contributed by atoms with Gasteiger partial charge in [0.25, 0.3) is 0 Å². The molecular weight excluding hydrogens is 485 g/mol. The number of rotatable bonds is 6. The van der Waals surface area contributed by atoms with E-state index in [2.05, 4.69) is 9.88 Å². The lowest BCUT2D eigenvalue weighted by Crippen LogP contribution is -2.43. The molecule has 1 aliphatic rings. The van der Waals surface area contributed by atoms with Gasteiger partial charge in [-0.25, -0.2) is 9.97 Å². The van der Waals surface area contributed by atoms with Gasteiger partial charge in [0.1, 0.15) is 5.82 Å². The van der Waals surface area contributed by atoms with E-state index < -0.39 is 0 Å². The predicted molar refractivity (Wildman–Crippen MR) is 133 cm³/mol. The van der Waals surface area contributed by atoms with Crippen LogP contribution in [0.1, 0.15) is 25.3 Å². The second kappa shape index (κ2) is 10.4. The lowest BCUT2D eigenvalue weighted by Gasteiger charge is -2.37. The van der Waals surface area contributed by atoms with Gasteiger partial charge in [0.2, 0.25) is 5.91 Å². The van der Waals surface area contributed by atoms with Gasteiger partial charge in [-0.1, -0.05) is 29.3 Å². The fourth-order valence-corrected chi connectivity index (χ4v) is 5.95. The minimum absolute atomic E-state index is 0.0443. The second-order valence-electron chi connectivity index (χ2n) is 7.66. The highest BCUT2D eigenvalue weighted by Gasteiger charge is 2.28. The molecule has 168 valence electrons. The molecule has 0 bridgehead atoms. The summed E-state index contributed by atoms with van der Waals surface area (Å²) in [6.07, 6.45) is 3.49. The number of anilines is 1. The lowest BCUT2D eigenvalue weighted by atomic mass is 10.0. The highest BCUT2D eigenvalue weighted by molar-refractivity contribution is 7.99. The number of carbonyl (C=O) groups excluding carboxylic acids is 1. The highest BCUT2D eigenvalue weighted by atomic mass is 35.5. The maximum absolute atomic E-state index is 12.4. The monoisotopic (exact) mass is 507 g/mol. The second-order valence-corrected chi connectivity index (χ2v) is 10.6. The fraction of sp³-hybridized carbons (Fsp3) is 0.318. The van der Waals surface area contributed by atoms with Crippen molar-refractivity contribution in [3.8, 4) is 11.3 Å². The van der Waals surface area contributed by atoms with Crippen molar-refractivity contribution in [3.05, 3.63) is 57.5 Å². The van der Waals surface area contributed by atoms with Crippen LogP contribution in [0.15, 0.2) is 46.2 Å². The van der Waals surface area contributed by atoms with Crippen LogP contribution in [0.5, 0.6) is 0 Å². The van der Waals surface area contributed by atoms with Crippen molar-refractivity contribution >= 4 is 58.2 Å². The van der Waals surface area contributed by atoms with E-state index in [0.717, 1.165) is 53.6 Å². The van der Waals surface area contributed by atoms with Gasteiger partial charge in [0, 0.05) is 61.7 Å². The molecule has 0 atom stereocenters. The molecule has 6 nitrogen and oxygen atoms in total. The van der Waals surface area contributed by atoms with Gasteiger partial charge in [0.15, 0.2) is 4.34 Å². The topological polar surface area (TPSA) is 75.3 Å². The number of amides is 1. The molecule has 3 heterocycles. The number of benzene rings is 1. The van der Waals surface area contributed by atoms with Crippen molar-refractivity contribution in [3.63, 3.8) is 0 Å². The van der Waals surface area contributed by atoms with Crippen molar-refractivity contribution in [2.45, 2.75) is 36.7 Å². The van der Waals surface area contributed by atoms with Crippen LogP contribution in [0.2, 0.25) is 10.0 Å². The first kappa shape index (κ1) is 23.3. The molecule has 1 amide bonds. The van der Waals surface area contributed by atoms with Crippen LogP contribution in [0.3, 0.4) is 0 Å². The molecule has 0 spiro atoms. The molecule has 1 aromatic carbocycles. The van der Waals surface area contributed by atoms with E-state index in [9.17, 15) is 4.79 Å². The molecule has 10 heteroatoms. The first-order valence-corrected chi connectivity index (χ1v) is 12.6. The maximum Gasteiger partial charge on any atom is 0.229 e. The molecule has 4 rings (SSSR count). The van der Waals surface area contributed by atoms with Crippen molar-refractivity contribution in [1.29, 1.82) is 0 Å². The fourth-order valence-electron chi connectivity index (χ4n) is 3.73. The Morgan fingerprint density at radius 2 is 2.03 bits per heavy atom. The van der Waals surface area contributed by atoms with Crippen LogP contribution in [0, 0.1) is 0 Å². The molecule has 0 saturated carbocycles. The van der Waals surface area contributed by atoms with Crippen LogP contribution >= 0.6 is 46.5 Å². The molecule has 1 fully saturated rings. The van der Waals surface area contributed by atoms with Gasteiger partial charge in [-0.15, -0.1) is 11.3 Å². The number of thiazole rings is 1. The Labute approximate surface area is 205 Å². The number of nitrogen functional groups attached to an aromatic ring is 1. The van der Waals surface area contributed by atoms with Crippen LogP contribution < -0.4 is 5.73 Å². The zero-order chi connectivity index (χ0) is 22.7. The number of pyridine rings is 1. The van der Waals surface area contributed by atoms with Crippen molar-refractivity contribution in [2.24, 2.45) is 0 Å². The molecule has 1 saturated heterocycles. The van der Waals surface area contributed by atoms with Crippen LogP contribution in [-0.2, 0) is 11.3 Å². The largest absolute Gasteiger partial charge is 0.384 e. The number of hydrogen-bond acceptors (Lipinski definition) is 7. The zero-order valence-corrected chi connectivity index (χ0v) is 20.6. The maximum atomic E-state index is 12.4. The average Bonchev–Trinajstić information content (AvgIpc) is 3.24. The van der Waals surface area contributed by atoms with Crippen molar-refractivity contribution < 1.29 is 4.79 Å². The number of halogens is 2. The van der Waals surface area contributed by atoms with Gasteiger partial charge in [-0.2, -0.15) is 0 Å². The summed E-state index contributed by atoms with van der Waals surface area (Å²) in [6.45, 7) is 4.26. The highest BCUT2D eigenvalue weighted by Crippen LogP contribution is 2.34. The quantitative estimate of drug-likeness (QED) is 0.436. The van der Waals surface area contributed by atoms with E-state index in [4.69, 9.17) is 33.9 Å². The van der Waals surface area contributed by atoms with Crippen molar-refractivity contribution in [2.75, 3.05) is 18.8 Å². The summed E-state index contributed by atoms with van der Waals surface area (Å²) in [5.74, 6) is 0.505. The minimum atomic E-state index is 0.0443. The predicted octanol–water partition coefficient (Wildman–Crippen LogP) is 5.61. The Morgan fingerprint density at radius 1 is 1.25 bits per heavy atom. The smallest absolute Gasteiger partial charge is 0.229 e. The molecule has 3 aromatic rings. The Kier molecular flexibility index (Phi) is 7.58. The van der Waals surface area contributed by atoms with Crippen LogP contribution in [0.25, 0.3) is 11.3 Å². The van der Waals surface area contributed by atoms with E-state index in [1.807, 2.05) is 34.0 Å². The number of piperidine rings is 1. The number of carbonyl (C=O) groups is 1. The van der Waals surface area contributed by atoms with Gasteiger partial charge < -0.3 is 5.73 Å². The Hall–Kier alpha value is -1.84. The Bertz CT molecular complexity index is 1100. The van der Waals surface area contributed by atoms with E-state index in [0.29, 0.717) is 15.9 Å². The van der Waals surface area contributed by atoms with Crippen molar-refractivity contribution in [1.82, 2.24) is 19.2 Å². The third kappa shape index (κ3) is 5.74. The summed E-state index contributed by atoms with van der Waals surface area (Å²) in [4.78, 5) is 23.5.